The van der Waals surface area contributed by atoms with Crippen molar-refractivity contribution < 1.29 is 28.7 Å². The smallest absolute Gasteiger partial charge is 0.404 e. The highest BCUT2D eigenvalue weighted by Gasteiger charge is 2.68. The van der Waals surface area contributed by atoms with E-state index in [2.05, 4.69) is 55.6 Å². The fourth-order valence-electron chi connectivity index (χ4n) is 6.79. The lowest BCUT2D eigenvalue weighted by Gasteiger charge is -2.64. The van der Waals surface area contributed by atoms with Gasteiger partial charge in [-0.25, -0.2) is 15.1 Å². The molecule has 3 amide bonds. The van der Waals surface area contributed by atoms with Crippen LogP contribution in [0.15, 0.2) is 4.99 Å². The largest absolute Gasteiger partial charge is 0.481 e. The summed E-state index contributed by atoms with van der Waals surface area (Å²) in [5, 5.41) is 17.9. The molecule has 5 rings (SSSR count). The first-order chi connectivity index (χ1) is 19.2. The van der Waals surface area contributed by atoms with Gasteiger partial charge < -0.3 is 31.0 Å². The number of thioether (sulfide) groups is 1. The van der Waals surface area contributed by atoms with Crippen molar-refractivity contribution >= 4 is 41.9 Å². The van der Waals surface area contributed by atoms with Crippen LogP contribution in [0.2, 0.25) is 0 Å². The van der Waals surface area contributed by atoms with Gasteiger partial charge in [0.25, 0.3) is 11.2 Å². The number of guanidine groups is 1. The number of aliphatic imine (C=N–C) groups is 1. The van der Waals surface area contributed by atoms with Gasteiger partial charge in [0.15, 0.2) is 5.03 Å². The molecule has 2 aliphatic heterocycles. The molecule has 5 fully saturated rings. The van der Waals surface area contributed by atoms with Crippen molar-refractivity contribution in [3.8, 4) is 0 Å². The Labute approximate surface area is 244 Å². The minimum atomic E-state index is -0.939. The van der Waals surface area contributed by atoms with Gasteiger partial charge in [0, 0.05) is 12.3 Å². The third-order valence-corrected chi connectivity index (χ3v) is 9.99. The maximum atomic E-state index is 13.7. The zero-order valence-corrected chi connectivity index (χ0v) is 25.1. The van der Waals surface area contributed by atoms with Gasteiger partial charge >= 0.3 is 7.12 Å². The summed E-state index contributed by atoms with van der Waals surface area (Å²) in [6.45, 7) is 10.9. The van der Waals surface area contributed by atoms with E-state index in [-0.39, 0.29) is 47.4 Å². The van der Waals surface area contributed by atoms with Crippen LogP contribution in [0.3, 0.4) is 0 Å². The highest BCUT2D eigenvalue weighted by molar-refractivity contribution is 8.14. The third-order valence-electron chi connectivity index (χ3n) is 9.11. The number of amides is 3. The molecule has 2 saturated heterocycles. The minimum absolute atomic E-state index is 0.0362. The Morgan fingerprint density at radius 3 is 2.63 bits per heavy atom. The van der Waals surface area contributed by atoms with Crippen LogP contribution >= 0.6 is 11.8 Å². The summed E-state index contributed by atoms with van der Waals surface area (Å²) in [6, 6.07) is -1.68. The molecule has 0 unspecified atom stereocenters. The Hall–Kier alpha value is -2.59. The second-order valence-electron chi connectivity index (χ2n) is 12.7. The summed E-state index contributed by atoms with van der Waals surface area (Å²) < 4.78 is 13.1. The lowest BCUT2D eigenvalue weighted by Crippen LogP contribution is -2.65. The number of hydrazine groups is 1. The van der Waals surface area contributed by atoms with E-state index < -0.39 is 47.6 Å². The molecule has 0 aromatic carbocycles. The molecular formula is C25H42BN7O7S. The van der Waals surface area contributed by atoms with E-state index in [4.69, 9.17) is 15.0 Å². The van der Waals surface area contributed by atoms with E-state index in [9.17, 15) is 24.5 Å². The van der Waals surface area contributed by atoms with E-state index in [1.54, 1.807) is 5.43 Å². The van der Waals surface area contributed by atoms with Crippen LogP contribution in [0, 0.1) is 33.3 Å². The Balaban J connectivity index is 1.44. The second-order valence-corrected chi connectivity index (χ2v) is 13.7. The molecule has 228 valence electrons. The lowest BCUT2D eigenvalue weighted by molar-refractivity contribution is -0.525. The fourth-order valence-corrected chi connectivity index (χ4v) is 7.57. The zero-order valence-electron chi connectivity index (χ0n) is 24.3. The van der Waals surface area contributed by atoms with Crippen LogP contribution in [0.5, 0.6) is 0 Å². The van der Waals surface area contributed by atoms with Crippen molar-refractivity contribution in [3.63, 3.8) is 0 Å². The number of nitrogens with zero attached hydrogens (tertiary/aromatic N) is 2. The van der Waals surface area contributed by atoms with E-state index in [1.165, 1.54) is 0 Å². The maximum Gasteiger partial charge on any atom is 0.481 e. The molecule has 2 bridgehead atoms. The summed E-state index contributed by atoms with van der Waals surface area (Å²) in [6.07, 6.45) is 3.13. The Morgan fingerprint density at radius 2 is 2.02 bits per heavy atom. The first-order valence-electron chi connectivity index (χ1n) is 14.3. The number of carbonyl (C=O) groups is 3. The van der Waals surface area contributed by atoms with Crippen molar-refractivity contribution in [2.24, 2.45) is 33.9 Å². The summed E-state index contributed by atoms with van der Waals surface area (Å²) in [5.74, 6) is -0.184. The molecule has 7 atom stereocenters. The predicted molar refractivity (Wildman–Crippen MR) is 154 cm³/mol. The third kappa shape index (κ3) is 6.91. The molecule has 0 radical (unpaired) electrons. The van der Waals surface area contributed by atoms with Crippen LogP contribution in [0.25, 0.3) is 0 Å². The van der Waals surface area contributed by atoms with E-state index >= 15 is 0 Å². The first-order valence-corrected chi connectivity index (χ1v) is 15.3. The molecule has 0 aromatic rings. The Bertz CT molecular complexity index is 1080. The number of nitro groups is 1. The summed E-state index contributed by atoms with van der Waals surface area (Å²) in [4.78, 5) is 52.6. The van der Waals surface area contributed by atoms with Gasteiger partial charge in [0.05, 0.1) is 17.6 Å². The molecule has 41 heavy (non-hydrogen) atoms. The van der Waals surface area contributed by atoms with Gasteiger partial charge in [-0.15, -0.1) is 0 Å². The van der Waals surface area contributed by atoms with Gasteiger partial charge in [0.2, 0.25) is 11.8 Å². The summed E-state index contributed by atoms with van der Waals surface area (Å²) in [5.41, 5.74) is 7.01. The molecule has 0 aromatic heterocycles. The first kappa shape index (κ1) is 31.4. The monoisotopic (exact) mass is 595 g/mol. The van der Waals surface area contributed by atoms with Crippen LogP contribution in [0.4, 0.5) is 4.79 Å². The number of rotatable bonds is 12. The molecule has 6 N–H and O–H groups in total. The topological polar surface area (TPSA) is 199 Å². The van der Waals surface area contributed by atoms with Gasteiger partial charge in [-0.05, 0) is 62.2 Å². The normalized spacial score (nSPS) is 31.5. The van der Waals surface area contributed by atoms with Crippen molar-refractivity contribution in [1.29, 1.82) is 0 Å². The van der Waals surface area contributed by atoms with Crippen LogP contribution in [-0.4, -0.2) is 77.2 Å². The van der Waals surface area contributed by atoms with Gasteiger partial charge in [-0.3, -0.25) is 14.4 Å². The van der Waals surface area contributed by atoms with E-state index in [0.29, 0.717) is 24.7 Å². The van der Waals surface area contributed by atoms with Crippen molar-refractivity contribution in [2.45, 2.75) is 96.5 Å². The fraction of sp³-hybridized carbons (Fsp3) is 0.840. The van der Waals surface area contributed by atoms with E-state index in [1.807, 2.05) is 0 Å². The Morgan fingerprint density at radius 1 is 1.29 bits per heavy atom. The van der Waals surface area contributed by atoms with Crippen molar-refractivity contribution in [1.82, 2.24) is 21.4 Å². The number of hydrogen-bond acceptors (Lipinski definition) is 9. The molecule has 16 heteroatoms. The van der Waals surface area contributed by atoms with Crippen molar-refractivity contribution in [3.05, 3.63) is 10.1 Å². The standard InChI is InChI=1S/C25H42BN7O7S/c1-13(2)9-19(26-39-18-11-14-10-17(24(14,3)4)25(18,5)40-26)31-20(34)15(7-6-8-28-22(27)32-33(37)38)29-21(35)16-12-41-23(36)30-16/h13-19H,6-12H2,1-5H3,(H,29,35)(H,30,36)(H,31,34)(H3,27,28,32)/t14-,15+,16-,17-,18-,19+,25+/m1/s1. The number of carbonyl (C=O) groups excluding carboxylic acids is 3. The quantitative estimate of drug-likeness (QED) is 0.0541. The van der Waals surface area contributed by atoms with Crippen LogP contribution in [-0.2, 0) is 18.9 Å². The summed E-state index contributed by atoms with van der Waals surface area (Å²) in [7, 11) is -0.619. The number of nitrogens with two attached hydrogens (primary N) is 1. The number of hydrogen-bond donors (Lipinski definition) is 5. The average Bonchev–Trinajstić information content (AvgIpc) is 3.47. The lowest BCUT2D eigenvalue weighted by atomic mass is 9.43. The second kappa shape index (κ2) is 12.3. The average molecular weight is 596 g/mol. The molecular weight excluding hydrogens is 553 g/mol. The number of nitrogens with one attached hydrogen (secondary N) is 4. The summed E-state index contributed by atoms with van der Waals surface area (Å²) >= 11 is 1.01. The molecule has 5 aliphatic rings. The highest BCUT2D eigenvalue weighted by atomic mass is 32.2. The van der Waals surface area contributed by atoms with Gasteiger partial charge in [-0.2, -0.15) is 0 Å². The van der Waals surface area contributed by atoms with Crippen molar-refractivity contribution in [2.75, 3.05) is 12.3 Å². The highest BCUT2D eigenvalue weighted by Crippen LogP contribution is 2.65. The van der Waals surface area contributed by atoms with Crippen LogP contribution in [0.1, 0.15) is 66.7 Å². The minimum Gasteiger partial charge on any atom is -0.404 e. The zero-order chi connectivity index (χ0) is 30.1. The predicted octanol–water partition coefficient (Wildman–Crippen LogP) is 0.971. The maximum absolute atomic E-state index is 13.7. The molecule has 14 nitrogen and oxygen atoms in total. The SMILES string of the molecule is CC(C)C[C@H](NC(=O)[C@H](CCCN=C(N)N[N+](=O)[O-])NC(=O)[C@H]1CSC(=O)N1)B1O[C@@H]2C[C@H]3C[C@H](C3(C)C)[C@]2(C)O1. The Kier molecular flexibility index (Phi) is 9.43. The molecule has 2 heterocycles. The van der Waals surface area contributed by atoms with Gasteiger partial charge in [0.1, 0.15) is 12.1 Å². The molecule has 0 spiro atoms. The van der Waals surface area contributed by atoms with Gasteiger partial charge in [-0.1, -0.05) is 44.9 Å². The molecule has 3 saturated carbocycles. The molecule has 3 aliphatic carbocycles. The van der Waals surface area contributed by atoms with Crippen LogP contribution < -0.4 is 27.1 Å². The van der Waals surface area contributed by atoms with E-state index in [0.717, 1.165) is 24.6 Å².